The van der Waals surface area contributed by atoms with E-state index in [2.05, 4.69) is 22.1 Å². The van der Waals surface area contributed by atoms with Crippen LogP contribution in [0.25, 0.3) is 21.9 Å². The number of carbonyl (C=O) groups is 1. The molecule has 2 atom stereocenters. The van der Waals surface area contributed by atoms with E-state index in [1.165, 1.54) is 12.8 Å². The third kappa shape index (κ3) is 3.16. The number of furan rings is 1. The summed E-state index contributed by atoms with van der Waals surface area (Å²) in [5, 5.41) is 6.19. The fourth-order valence-electron chi connectivity index (χ4n) is 4.53. The highest BCUT2D eigenvalue weighted by Gasteiger charge is 2.40. The van der Waals surface area contributed by atoms with Gasteiger partial charge in [-0.2, -0.15) is 0 Å². The Bertz CT molecular complexity index is 954. The molecular weight excluding hydrogens is 370 g/mol. The van der Waals surface area contributed by atoms with Crippen LogP contribution in [0.1, 0.15) is 30.3 Å². The molecular formula is C22H23N3O2S. The molecule has 5 heterocycles. The molecule has 3 fully saturated rings. The van der Waals surface area contributed by atoms with Crippen LogP contribution in [0.5, 0.6) is 0 Å². The molecule has 3 aliphatic heterocycles. The van der Waals surface area contributed by atoms with E-state index < -0.39 is 0 Å². The molecule has 2 aromatic heterocycles. The number of hydrogen-bond donors (Lipinski definition) is 1. The second kappa shape index (κ2) is 7.18. The van der Waals surface area contributed by atoms with Gasteiger partial charge >= 0.3 is 0 Å². The molecule has 0 spiro atoms. The highest BCUT2D eigenvalue weighted by atomic mass is 32.1. The molecule has 0 aliphatic carbocycles. The molecule has 144 valence electrons. The molecule has 1 N–H and O–H groups in total. The Morgan fingerprint density at radius 1 is 1.14 bits per heavy atom. The molecule has 1 aromatic carbocycles. The van der Waals surface area contributed by atoms with Crippen molar-refractivity contribution in [2.75, 3.05) is 13.1 Å². The lowest BCUT2D eigenvalue weighted by Crippen LogP contribution is -2.62. The SMILES string of the molecule is C[C@@H]1[C@H](NC(=O)c2ccc(-c3ccc(-c4nccs4)cc3)o2)C2CCN1CC2. The van der Waals surface area contributed by atoms with Crippen LogP contribution < -0.4 is 5.32 Å². The standard InChI is InChI=1S/C22H23N3O2S/c1-14-20(16-8-11-25(14)12-9-16)24-21(26)19-7-6-18(27-19)15-2-4-17(5-3-15)22-23-10-13-28-22/h2-7,10,13-14,16,20H,8-9,11-12H2,1H3,(H,24,26)/t14-,20+/m1/s1. The average Bonchev–Trinajstić information content (AvgIpc) is 3.43. The second-order valence-corrected chi connectivity index (χ2v) is 8.59. The van der Waals surface area contributed by atoms with Gasteiger partial charge in [0.25, 0.3) is 5.91 Å². The van der Waals surface area contributed by atoms with Crippen LogP contribution in [-0.2, 0) is 0 Å². The summed E-state index contributed by atoms with van der Waals surface area (Å²) in [6.45, 7) is 4.52. The number of piperidine rings is 3. The monoisotopic (exact) mass is 393 g/mol. The average molecular weight is 394 g/mol. The maximum Gasteiger partial charge on any atom is 0.287 e. The van der Waals surface area contributed by atoms with Crippen molar-refractivity contribution in [3.05, 3.63) is 53.7 Å². The van der Waals surface area contributed by atoms with Crippen molar-refractivity contribution in [2.24, 2.45) is 5.92 Å². The minimum absolute atomic E-state index is 0.115. The number of carbonyl (C=O) groups excluding carboxylic acids is 1. The predicted octanol–water partition coefficient (Wildman–Crippen LogP) is 4.28. The van der Waals surface area contributed by atoms with Gasteiger partial charge in [0.2, 0.25) is 0 Å². The first-order chi connectivity index (χ1) is 13.7. The van der Waals surface area contributed by atoms with Crippen molar-refractivity contribution >= 4 is 17.2 Å². The Kier molecular flexibility index (Phi) is 4.53. The van der Waals surface area contributed by atoms with E-state index in [1.54, 1.807) is 23.6 Å². The van der Waals surface area contributed by atoms with E-state index >= 15 is 0 Å². The largest absolute Gasteiger partial charge is 0.451 e. The van der Waals surface area contributed by atoms with E-state index in [4.69, 9.17) is 4.42 Å². The van der Waals surface area contributed by atoms with Crippen LogP contribution in [0.4, 0.5) is 0 Å². The van der Waals surface area contributed by atoms with Gasteiger partial charge in [0.05, 0.1) is 0 Å². The van der Waals surface area contributed by atoms with E-state index in [0.717, 1.165) is 29.2 Å². The molecule has 2 bridgehead atoms. The van der Waals surface area contributed by atoms with Gasteiger partial charge < -0.3 is 9.73 Å². The van der Waals surface area contributed by atoms with Crippen molar-refractivity contribution in [1.29, 1.82) is 0 Å². The molecule has 3 aromatic rings. The minimum atomic E-state index is -0.115. The van der Waals surface area contributed by atoms with Crippen LogP contribution in [0.2, 0.25) is 0 Å². The first kappa shape index (κ1) is 17.6. The van der Waals surface area contributed by atoms with Gasteiger partial charge in [-0.15, -0.1) is 11.3 Å². The summed E-state index contributed by atoms with van der Waals surface area (Å²) in [6, 6.07) is 12.3. The van der Waals surface area contributed by atoms with Crippen LogP contribution in [0, 0.1) is 5.92 Å². The molecule has 1 amide bonds. The first-order valence-corrected chi connectivity index (χ1v) is 10.7. The molecule has 0 radical (unpaired) electrons. The maximum atomic E-state index is 12.8. The number of aromatic nitrogens is 1. The molecule has 3 saturated heterocycles. The van der Waals surface area contributed by atoms with Gasteiger partial charge in [0, 0.05) is 34.8 Å². The summed E-state index contributed by atoms with van der Waals surface area (Å²) in [4.78, 5) is 19.6. The van der Waals surface area contributed by atoms with Gasteiger partial charge in [0.1, 0.15) is 10.8 Å². The molecule has 6 heteroatoms. The molecule has 3 aliphatic rings. The lowest BCUT2D eigenvalue weighted by molar-refractivity contribution is 0.0211. The summed E-state index contributed by atoms with van der Waals surface area (Å²) in [7, 11) is 0. The fraction of sp³-hybridized carbons (Fsp3) is 0.364. The van der Waals surface area contributed by atoms with Crippen molar-refractivity contribution < 1.29 is 9.21 Å². The number of benzene rings is 1. The Labute approximate surface area is 168 Å². The van der Waals surface area contributed by atoms with Crippen molar-refractivity contribution in [1.82, 2.24) is 15.2 Å². The van der Waals surface area contributed by atoms with Gasteiger partial charge in [0.15, 0.2) is 5.76 Å². The summed E-state index contributed by atoms with van der Waals surface area (Å²) in [5.41, 5.74) is 2.04. The van der Waals surface area contributed by atoms with Crippen molar-refractivity contribution in [3.8, 4) is 21.9 Å². The zero-order chi connectivity index (χ0) is 19.1. The zero-order valence-corrected chi connectivity index (χ0v) is 16.6. The highest BCUT2D eigenvalue weighted by molar-refractivity contribution is 7.13. The van der Waals surface area contributed by atoms with Crippen LogP contribution in [0.3, 0.4) is 0 Å². The van der Waals surface area contributed by atoms with Gasteiger partial charge in [-0.05, 0) is 50.9 Å². The van der Waals surface area contributed by atoms with Crippen molar-refractivity contribution in [3.63, 3.8) is 0 Å². The number of rotatable bonds is 4. The summed E-state index contributed by atoms with van der Waals surface area (Å²) >= 11 is 1.62. The topological polar surface area (TPSA) is 58.4 Å². The van der Waals surface area contributed by atoms with Crippen LogP contribution in [0.15, 0.2) is 52.4 Å². The second-order valence-electron chi connectivity index (χ2n) is 7.69. The molecule has 28 heavy (non-hydrogen) atoms. The van der Waals surface area contributed by atoms with Gasteiger partial charge in [-0.1, -0.05) is 24.3 Å². The lowest BCUT2D eigenvalue weighted by Gasteiger charge is -2.49. The predicted molar refractivity (Wildman–Crippen MR) is 110 cm³/mol. The Morgan fingerprint density at radius 2 is 1.89 bits per heavy atom. The van der Waals surface area contributed by atoms with Gasteiger partial charge in [-0.3, -0.25) is 9.69 Å². The number of nitrogens with one attached hydrogen (secondary N) is 1. The van der Waals surface area contributed by atoms with Gasteiger partial charge in [-0.25, -0.2) is 4.98 Å². The zero-order valence-electron chi connectivity index (χ0n) is 15.8. The number of amides is 1. The number of hydrogen-bond acceptors (Lipinski definition) is 5. The number of fused-ring (bicyclic) bond motifs is 3. The summed E-state index contributed by atoms with van der Waals surface area (Å²) < 4.78 is 5.88. The highest BCUT2D eigenvalue weighted by Crippen LogP contribution is 2.32. The van der Waals surface area contributed by atoms with Crippen LogP contribution >= 0.6 is 11.3 Å². The number of thiazole rings is 1. The van der Waals surface area contributed by atoms with E-state index in [0.29, 0.717) is 23.5 Å². The Hall–Kier alpha value is -2.44. The smallest absolute Gasteiger partial charge is 0.287 e. The quantitative estimate of drug-likeness (QED) is 0.719. The van der Waals surface area contributed by atoms with Crippen molar-refractivity contribution in [2.45, 2.75) is 31.8 Å². The normalized spacial score (nSPS) is 26.3. The third-order valence-electron chi connectivity index (χ3n) is 6.15. The fourth-order valence-corrected chi connectivity index (χ4v) is 5.17. The third-order valence-corrected chi connectivity index (χ3v) is 6.98. The van der Waals surface area contributed by atoms with Crippen LogP contribution in [-0.4, -0.2) is 41.0 Å². The number of nitrogens with zero attached hydrogens (tertiary/aromatic N) is 2. The summed E-state index contributed by atoms with van der Waals surface area (Å²) in [5.74, 6) is 1.55. The first-order valence-electron chi connectivity index (χ1n) is 9.84. The Morgan fingerprint density at radius 3 is 2.57 bits per heavy atom. The summed E-state index contributed by atoms with van der Waals surface area (Å²) in [6.07, 6.45) is 4.15. The Balaban J connectivity index is 1.30. The molecule has 0 unspecified atom stereocenters. The lowest BCUT2D eigenvalue weighted by atomic mass is 9.79. The van der Waals surface area contributed by atoms with E-state index in [9.17, 15) is 4.79 Å². The molecule has 5 nitrogen and oxygen atoms in total. The molecule has 0 saturated carbocycles. The van der Waals surface area contributed by atoms with E-state index in [-0.39, 0.29) is 11.9 Å². The molecule has 6 rings (SSSR count). The maximum absolute atomic E-state index is 12.8. The minimum Gasteiger partial charge on any atom is -0.451 e. The van der Waals surface area contributed by atoms with E-state index in [1.807, 2.05) is 35.7 Å².